The van der Waals surface area contributed by atoms with E-state index in [0.29, 0.717) is 5.92 Å². The zero-order valence-corrected chi connectivity index (χ0v) is 8.65. The Hall–Kier alpha value is -0.120. The topological polar surface area (TPSA) is 42.0 Å². The molecule has 2 saturated heterocycles. The van der Waals surface area contributed by atoms with E-state index >= 15 is 0 Å². The van der Waals surface area contributed by atoms with Gasteiger partial charge in [0, 0.05) is 5.92 Å². The van der Waals surface area contributed by atoms with Crippen molar-refractivity contribution in [3.8, 4) is 0 Å². The molecule has 1 N–H and O–H groups in total. The molecule has 0 radical (unpaired) electrons. The normalized spacial score (nSPS) is 48.7. The van der Waals surface area contributed by atoms with Gasteiger partial charge in [-0.15, -0.1) is 0 Å². The minimum absolute atomic E-state index is 0.0670. The molecule has 0 spiro atoms. The average Bonchev–Trinajstić information content (AvgIpc) is 2.73. The van der Waals surface area contributed by atoms with Gasteiger partial charge in [-0.25, -0.2) is 0 Å². The monoisotopic (exact) mass is 186 g/mol. The van der Waals surface area contributed by atoms with E-state index in [4.69, 9.17) is 9.47 Å². The molecule has 0 amide bonds. The molecule has 0 aromatic rings. The fourth-order valence-corrected chi connectivity index (χ4v) is 2.04. The van der Waals surface area contributed by atoms with Gasteiger partial charge >= 0.3 is 0 Å². The quantitative estimate of drug-likeness (QED) is 0.658. The summed E-state index contributed by atoms with van der Waals surface area (Å²) in [5.74, 6) is -0.548. The van der Waals surface area contributed by atoms with Crippen molar-refractivity contribution in [1.82, 2.24) is 0 Å². The summed E-state index contributed by atoms with van der Waals surface area (Å²) in [6.07, 6.45) is 0.115. The highest BCUT2D eigenvalue weighted by molar-refractivity contribution is 5.08. The van der Waals surface area contributed by atoms with Crippen molar-refractivity contribution in [2.45, 2.75) is 51.8 Å². The van der Waals surface area contributed by atoms with Crippen molar-refractivity contribution in [2.75, 3.05) is 0 Å². The van der Waals surface area contributed by atoms with E-state index in [1.54, 1.807) is 0 Å². The van der Waals surface area contributed by atoms with Gasteiger partial charge in [0.25, 0.3) is 0 Å². The summed E-state index contributed by atoms with van der Waals surface area (Å²) in [6, 6.07) is 0. The molecule has 2 aliphatic rings. The Kier molecular flexibility index (Phi) is 1.95. The maximum atomic E-state index is 10.2. The lowest BCUT2D eigenvalue weighted by atomic mass is 9.98. The molecule has 76 valence electrons. The van der Waals surface area contributed by atoms with Gasteiger partial charge in [0.05, 0.1) is 6.10 Å². The number of epoxide rings is 1. The minimum atomic E-state index is -1.04. The number of hydrogen-bond acceptors (Lipinski definition) is 3. The Morgan fingerprint density at radius 2 is 1.85 bits per heavy atom. The van der Waals surface area contributed by atoms with Gasteiger partial charge in [0.1, 0.15) is 12.2 Å². The van der Waals surface area contributed by atoms with E-state index in [-0.39, 0.29) is 24.2 Å². The molecular weight excluding hydrogens is 168 g/mol. The van der Waals surface area contributed by atoms with Crippen LogP contribution in [0.5, 0.6) is 0 Å². The number of ether oxygens (including phenoxy) is 2. The number of aliphatic hydroxyl groups is 1. The first kappa shape index (κ1) is 9.44. The predicted octanol–water partition coefficient (Wildman–Crippen LogP) is 1.15. The molecule has 0 aromatic heterocycles. The van der Waals surface area contributed by atoms with Gasteiger partial charge in [-0.2, -0.15) is 0 Å². The fraction of sp³-hybridized carbons (Fsp3) is 1.00. The van der Waals surface area contributed by atoms with Gasteiger partial charge in [0.15, 0.2) is 5.79 Å². The molecule has 3 nitrogen and oxygen atoms in total. The first-order valence-corrected chi connectivity index (χ1v) is 5.02. The van der Waals surface area contributed by atoms with Gasteiger partial charge in [-0.3, -0.25) is 0 Å². The van der Waals surface area contributed by atoms with Crippen LogP contribution in [0.4, 0.5) is 0 Å². The maximum Gasteiger partial charge on any atom is 0.197 e. The van der Waals surface area contributed by atoms with Crippen LogP contribution in [-0.2, 0) is 9.47 Å². The van der Waals surface area contributed by atoms with Gasteiger partial charge < -0.3 is 14.6 Å². The van der Waals surface area contributed by atoms with Crippen LogP contribution in [0.15, 0.2) is 0 Å². The van der Waals surface area contributed by atoms with Crippen LogP contribution in [0.25, 0.3) is 0 Å². The van der Waals surface area contributed by atoms with Crippen LogP contribution in [0.2, 0.25) is 0 Å². The van der Waals surface area contributed by atoms with Crippen molar-refractivity contribution < 1.29 is 14.6 Å². The summed E-state index contributed by atoms with van der Waals surface area (Å²) in [6.45, 7) is 8.10. The largest absolute Gasteiger partial charge is 0.363 e. The van der Waals surface area contributed by atoms with Crippen LogP contribution < -0.4 is 0 Å². The third-order valence-electron chi connectivity index (χ3n) is 3.07. The van der Waals surface area contributed by atoms with E-state index in [9.17, 15) is 5.11 Å². The Labute approximate surface area is 79.0 Å². The zero-order valence-electron chi connectivity index (χ0n) is 8.65. The highest BCUT2D eigenvalue weighted by Gasteiger charge is 2.67. The Morgan fingerprint density at radius 1 is 1.23 bits per heavy atom. The van der Waals surface area contributed by atoms with Crippen LogP contribution >= 0.6 is 0 Å². The zero-order chi connectivity index (χ0) is 9.80. The SMILES string of the molecule is CC(C)[C@@H]1O[C@@](O)(C(C)C)[C@H]2O[C@@H]12. The summed E-state index contributed by atoms with van der Waals surface area (Å²) < 4.78 is 11.1. The Balaban J connectivity index is 2.12. The lowest BCUT2D eigenvalue weighted by Crippen LogP contribution is -2.42. The molecule has 0 aliphatic carbocycles. The summed E-state index contributed by atoms with van der Waals surface area (Å²) in [7, 11) is 0. The van der Waals surface area contributed by atoms with E-state index in [0.717, 1.165) is 0 Å². The lowest BCUT2D eigenvalue weighted by Gasteiger charge is -2.30. The van der Waals surface area contributed by atoms with Crippen molar-refractivity contribution in [2.24, 2.45) is 11.8 Å². The van der Waals surface area contributed by atoms with E-state index in [1.165, 1.54) is 0 Å². The first-order valence-electron chi connectivity index (χ1n) is 5.02. The molecule has 2 rings (SSSR count). The van der Waals surface area contributed by atoms with Crippen molar-refractivity contribution in [1.29, 1.82) is 0 Å². The van der Waals surface area contributed by atoms with Crippen molar-refractivity contribution in [3.05, 3.63) is 0 Å². The summed E-state index contributed by atoms with van der Waals surface area (Å²) >= 11 is 0. The molecular formula is C10H18O3. The first-order chi connectivity index (χ1) is 5.97. The highest BCUT2D eigenvalue weighted by atomic mass is 16.7. The molecule has 0 unspecified atom stereocenters. The second-order valence-corrected chi connectivity index (χ2v) is 4.75. The Morgan fingerprint density at radius 3 is 2.15 bits per heavy atom. The molecule has 0 saturated carbocycles. The maximum absolute atomic E-state index is 10.2. The summed E-state index contributed by atoms with van der Waals surface area (Å²) in [5.41, 5.74) is 0. The van der Waals surface area contributed by atoms with E-state index < -0.39 is 5.79 Å². The third kappa shape index (κ3) is 1.22. The fourth-order valence-electron chi connectivity index (χ4n) is 2.04. The number of fused-ring (bicyclic) bond motifs is 1. The molecule has 3 heteroatoms. The van der Waals surface area contributed by atoms with Crippen LogP contribution in [0.3, 0.4) is 0 Å². The molecule has 2 aliphatic heterocycles. The van der Waals surface area contributed by atoms with E-state index in [2.05, 4.69) is 13.8 Å². The number of hydrogen-bond donors (Lipinski definition) is 1. The second kappa shape index (κ2) is 2.69. The molecule has 13 heavy (non-hydrogen) atoms. The molecule has 4 atom stereocenters. The molecule has 0 aromatic carbocycles. The third-order valence-corrected chi connectivity index (χ3v) is 3.07. The minimum Gasteiger partial charge on any atom is -0.363 e. The van der Waals surface area contributed by atoms with Crippen molar-refractivity contribution in [3.63, 3.8) is 0 Å². The Bertz CT molecular complexity index is 214. The summed E-state index contributed by atoms with van der Waals surface area (Å²) in [4.78, 5) is 0. The van der Waals surface area contributed by atoms with Crippen LogP contribution in [0.1, 0.15) is 27.7 Å². The van der Waals surface area contributed by atoms with Crippen molar-refractivity contribution >= 4 is 0 Å². The van der Waals surface area contributed by atoms with Gasteiger partial charge in [0.2, 0.25) is 0 Å². The smallest absolute Gasteiger partial charge is 0.197 e. The average molecular weight is 186 g/mol. The van der Waals surface area contributed by atoms with Crippen LogP contribution in [-0.4, -0.2) is 29.2 Å². The van der Waals surface area contributed by atoms with E-state index in [1.807, 2.05) is 13.8 Å². The second-order valence-electron chi connectivity index (χ2n) is 4.75. The standard InChI is InChI=1S/C10H18O3/c1-5(2)7-8-9(12-8)10(11,13-7)6(3)4/h5-9,11H,1-4H3/t7-,8-,9-,10-/m0/s1. The summed E-state index contributed by atoms with van der Waals surface area (Å²) in [5, 5.41) is 10.2. The van der Waals surface area contributed by atoms with Crippen LogP contribution in [0, 0.1) is 11.8 Å². The predicted molar refractivity (Wildman–Crippen MR) is 48.2 cm³/mol. The van der Waals surface area contributed by atoms with Gasteiger partial charge in [-0.1, -0.05) is 27.7 Å². The molecule has 0 bridgehead atoms. The molecule has 2 heterocycles. The number of rotatable bonds is 2. The van der Waals surface area contributed by atoms with Gasteiger partial charge in [-0.05, 0) is 5.92 Å². The highest BCUT2D eigenvalue weighted by Crippen LogP contribution is 2.49. The molecule has 2 fully saturated rings. The lowest BCUT2D eigenvalue weighted by molar-refractivity contribution is -0.260.